The minimum Gasteiger partial charge on any atom is -0.391 e. The van der Waals surface area contributed by atoms with Crippen LogP contribution in [-0.4, -0.2) is 71.6 Å². The molecule has 0 unspecified atom stereocenters. The van der Waals surface area contributed by atoms with Crippen molar-refractivity contribution >= 4 is 11.6 Å². The molecule has 7 heteroatoms. The molecule has 0 radical (unpaired) electrons. The van der Waals surface area contributed by atoms with Gasteiger partial charge in [0, 0.05) is 43.5 Å². The van der Waals surface area contributed by atoms with Gasteiger partial charge in [-0.15, -0.1) is 0 Å². The highest BCUT2D eigenvalue weighted by Gasteiger charge is 2.35. The maximum Gasteiger partial charge on any atom is 0.256 e. The van der Waals surface area contributed by atoms with Gasteiger partial charge in [-0.05, 0) is 31.5 Å². The van der Waals surface area contributed by atoms with Crippen LogP contribution in [-0.2, 0) is 11.2 Å². The van der Waals surface area contributed by atoms with Crippen LogP contribution in [0.25, 0.3) is 0 Å². The van der Waals surface area contributed by atoms with Gasteiger partial charge in [-0.3, -0.25) is 9.89 Å². The first-order valence-electron chi connectivity index (χ1n) is 9.52. The van der Waals surface area contributed by atoms with Crippen LogP contribution in [0.4, 0.5) is 5.69 Å². The number of rotatable bonds is 4. The topological polar surface area (TPSA) is 81.7 Å². The Balaban J connectivity index is 1.48. The number of nitrogens with one attached hydrogen (secondary N) is 1. The van der Waals surface area contributed by atoms with Crippen LogP contribution in [0.1, 0.15) is 21.7 Å². The summed E-state index contributed by atoms with van der Waals surface area (Å²) in [7, 11) is 0. The molecule has 0 spiro atoms. The molecule has 4 rings (SSSR count). The highest BCUT2D eigenvalue weighted by atomic mass is 16.5. The fourth-order valence-corrected chi connectivity index (χ4v) is 3.97. The minimum atomic E-state index is -0.526. The van der Waals surface area contributed by atoms with Gasteiger partial charge < -0.3 is 19.6 Å². The second-order valence-electron chi connectivity index (χ2n) is 7.40. The molecule has 2 atom stereocenters. The number of carbonyl (C=O) groups is 1. The van der Waals surface area contributed by atoms with Crippen LogP contribution < -0.4 is 4.90 Å². The molecule has 1 amide bonds. The molecule has 0 saturated carbocycles. The first-order valence-corrected chi connectivity index (χ1v) is 9.52. The summed E-state index contributed by atoms with van der Waals surface area (Å²) in [5, 5.41) is 17.7. The van der Waals surface area contributed by atoms with Crippen molar-refractivity contribution in [3.05, 3.63) is 47.3 Å². The molecule has 2 aromatic rings. The number of aromatic nitrogens is 2. The number of nitrogens with zero attached hydrogens (tertiary/aromatic N) is 3. The highest BCUT2D eigenvalue weighted by Crippen LogP contribution is 2.27. The van der Waals surface area contributed by atoms with Crippen molar-refractivity contribution in [2.24, 2.45) is 5.92 Å². The first-order chi connectivity index (χ1) is 13.1. The molecule has 0 aliphatic carbocycles. The summed E-state index contributed by atoms with van der Waals surface area (Å²) in [5.41, 5.74) is 3.58. The van der Waals surface area contributed by atoms with Crippen molar-refractivity contribution in [2.45, 2.75) is 19.4 Å². The molecule has 7 nitrogen and oxygen atoms in total. The Morgan fingerprint density at radius 3 is 2.81 bits per heavy atom. The molecular formula is C20H26N4O3. The molecule has 3 heterocycles. The average Bonchev–Trinajstić information content (AvgIpc) is 3.27. The second-order valence-corrected chi connectivity index (χ2v) is 7.40. The van der Waals surface area contributed by atoms with E-state index in [1.807, 2.05) is 37.3 Å². The van der Waals surface area contributed by atoms with E-state index < -0.39 is 6.10 Å². The SMILES string of the molecule is Cc1cc(C[C@@H]2CN(C(=O)c3ccccc3N3CCOCC3)C[C@H]2O)n[nH]1. The number of likely N-dealkylation sites (tertiary alicyclic amines) is 1. The molecule has 2 saturated heterocycles. The van der Waals surface area contributed by atoms with Crippen molar-refractivity contribution in [3.63, 3.8) is 0 Å². The number of β-amino-alcohol motifs (C(OH)–C–C–N with tert-alkyl or cyclic N) is 1. The van der Waals surface area contributed by atoms with Gasteiger partial charge in [0.2, 0.25) is 0 Å². The summed E-state index contributed by atoms with van der Waals surface area (Å²) >= 11 is 0. The van der Waals surface area contributed by atoms with E-state index in [0.717, 1.165) is 30.2 Å². The third-order valence-electron chi connectivity index (χ3n) is 5.41. The van der Waals surface area contributed by atoms with Gasteiger partial charge in [-0.1, -0.05) is 12.1 Å². The summed E-state index contributed by atoms with van der Waals surface area (Å²) in [6.07, 6.45) is 0.141. The van der Waals surface area contributed by atoms with Crippen LogP contribution in [0.15, 0.2) is 30.3 Å². The molecule has 1 aromatic carbocycles. The lowest BCUT2D eigenvalue weighted by atomic mass is 10.00. The Labute approximate surface area is 158 Å². The number of aromatic amines is 1. The van der Waals surface area contributed by atoms with Gasteiger partial charge >= 0.3 is 0 Å². The lowest BCUT2D eigenvalue weighted by Gasteiger charge is -2.31. The number of hydrogen-bond acceptors (Lipinski definition) is 5. The van der Waals surface area contributed by atoms with E-state index in [1.54, 1.807) is 4.90 Å². The Hall–Kier alpha value is -2.38. The van der Waals surface area contributed by atoms with Gasteiger partial charge in [0.1, 0.15) is 0 Å². The number of aliphatic hydroxyl groups excluding tert-OH is 1. The molecule has 0 bridgehead atoms. The summed E-state index contributed by atoms with van der Waals surface area (Å²) < 4.78 is 5.43. The van der Waals surface area contributed by atoms with Crippen LogP contribution in [0.2, 0.25) is 0 Å². The molecular weight excluding hydrogens is 344 g/mol. The van der Waals surface area contributed by atoms with Crippen LogP contribution >= 0.6 is 0 Å². The molecule has 144 valence electrons. The number of amides is 1. The van der Waals surface area contributed by atoms with Crippen molar-refractivity contribution in [1.82, 2.24) is 15.1 Å². The van der Waals surface area contributed by atoms with Gasteiger partial charge in [0.25, 0.3) is 5.91 Å². The number of ether oxygens (including phenoxy) is 1. The maximum atomic E-state index is 13.2. The Bertz CT molecular complexity index is 800. The molecule has 2 aliphatic rings. The number of para-hydroxylation sites is 1. The van der Waals surface area contributed by atoms with Crippen LogP contribution in [0.5, 0.6) is 0 Å². The third kappa shape index (κ3) is 3.84. The molecule has 2 aliphatic heterocycles. The number of benzene rings is 1. The van der Waals surface area contributed by atoms with Crippen LogP contribution in [0, 0.1) is 12.8 Å². The zero-order valence-corrected chi connectivity index (χ0v) is 15.6. The van der Waals surface area contributed by atoms with Crippen molar-refractivity contribution in [2.75, 3.05) is 44.3 Å². The number of carbonyl (C=O) groups excluding carboxylic acids is 1. The zero-order chi connectivity index (χ0) is 18.8. The number of hydrogen-bond donors (Lipinski definition) is 2. The quantitative estimate of drug-likeness (QED) is 0.846. The smallest absolute Gasteiger partial charge is 0.256 e. The lowest BCUT2D eigenvalue weighted by molar-refractivity contribution is 0.0764. The van der Waals surface area contributed by atoms with E-state index in [4.69, 9.17) is 4.74 Å². The monoisotopic (exact) mass is 370 g/mol. The normalized spacial score (nSPS) is 23.0. The summed E-state index contributed by atoms with van der Waals surface area (Å²) in [4.78, 5) is 17.2. The Kier molecular flexibility index (Phi) is 5.13. The standard InChI is InChI=1S/C20H26N4O3/c1-14-10-16(22-21-14)11-15-12-24(13-19(15)25)20(26)17-4-2-3-5-18(17)23-6-8-27-9-7-23/h2-5,10,15,19,25H,6-9,11-13H2,1H3,(H,21,22)/t15-,19-/m1/s1. The summed E-state index contributed by atoms with van der Waals surface area (Å²) in [5.74, 6) is -0.0101. The highest BCUT2D eigenvalue weighted by molar-refractivity contribution is 6.00. The third-order valence-corrected chi connectivity index (χ3v) is 5.41. The molecule has 2 N–H and O–H groups in total. The fraction of sp³-hybridized carbons (Fsp3) is 0.500. The van der Waals surface area contributed by atoms with Crippen LogP contribution in [0.3, 0.4) is 0 Å². The van der Waals surface area contributed by atoms with Gasteiger partial charge in [0.15, 0.2) is 0 Å². The number of morpholine rings is 1. The van der Waals surface area contributed by atoms with Gasteiger partial charge in [-0.25, -0.2) is 0 Å². The molecule has 2 fully saturated rings. The zero-order valence-electron chi connectivity index (χ0n) is 15.6. The molecule has 1 aromatic heterocycles. The second kappa shape index (κ2) is 7.70. The first kappa shape index (κ1) is 18.0. The number of aliphatic hydroxyl groups is 1. The van der Waals surface area contributed by atoms with Crippen molar-refractivity contribution in [1.29, 1.82) is 0 Å². The minimum absolute atomic E-state index is 0.00667. The average molecular weight is 370 g/mol. The van der Waals surface area contributed by atoms with E-state index in [9.17, 15) is 9.90 Å². The summed E-state index contributed by atoms with van der Waals surface area (Å²) in [6.45, 7) is 5.79. The Morgan fingerprint density at radius 2 is 2.07 bits per heavy atom. The van der Waals surface area contributed by atoms with Gasteiger partial charge in [-0.2, -0.15) is 5.10 Å². The lowest BCUT2D eigenvalue weighted by Crippen LogP contribution is -2.38. The Morgan fingerprint density at radius 1 is 1.30 bits per heavy atom. The van der Waals surface area contributed by atoms with E-state index >= 15 is 0 Å². The predicted octanol–water partition coefficient (Wildman–Crippen LogP) is 1.23. The van der Waals surface area contributed by atoms with Gasteiger partial charge in [0.05, 0.1) is 30.6 Å². The molecule has 27 heavy (non-hydrogen) atoms. The van der Waals surface area contributed by atoms with E-state index in [1.165, 1.54) is 0 Å². The fourth-order valence-electron chi connectivity index (χ4n) is 3.97. The number of anilines is 1. The largest absolute Gasteiger partial charge is 0.391 e. The van der Waals surface area contributed by atoms with E-state index in [-0.39, 0.29) is 11.8 Å². The van der Waals surface area contributed by atoms with E-state index in [2.05, 4.69) is 15.1 Å². The van der Waals surface area contributed by atoms with Crippen molar-refractivity contribution in [3.8, 4) is 0 Å². The number of H-pyrrole nitrogens is 1. The number of aryl methyl sites for hydroxylation is 1. The maximum absolute atomic E-state index is 13.2. The predicted molar refractivity (Wildman–Crippen MR) is 102 cm³/mol. The van der Waals surface area contributed by atoms with Crippen molar-refractivity contribution < 1.29 is 14.6 Å². The summed E-state index contributed by atoms with van der Waals surface area (Å²) in [6, 6.07) is 9.72. The van der Waals surface area contributed by atoms with E-state index in [0.29, 0.717) is 38.3 Å².